The van der Waals surface area contributed by atoms with E-state index < -0.39 is 11.9 Å². The molecule has 1 aliphatic heterocycles. The summed E-state index contributed by atoms with van der Waals surface area (Å²) < 4.78 is 20.0. The molecule has 1 aliphatic rings. The molecule has 0 bridgehead atoms. The molecule has 156 valence electrons. The van der Waals surface area contributed by atoms with Crippen molar-refractivity contribution in [3.05, 3.63) is 80.5 Å². The summed E-state index contributed by atoms with van der Waals surface area (Å²) in [6, 6.07) is 9.03. The fraction of sp³-hybridized carbons (Fsp3) is 0.333. The minimum atomic E-state index is -0.660. The maximum absolute atomic E-state index is 14.0. The second-order valence-corrected chi connectivity index (χ2v) is 8.22. The standard InChI is InChI=1S/C24H25FN2O3/c1-14-11-18-19(12-15(14)2)30-23-20(22(18)28)21(16-7-5-8-17(25)13-16)27(24(23)29)10-6-9-26(3)4/h5,7-8,11-13,21H,6,9-10H2,1-4H3/t21-/m1/s1. The summed E-state index contributed by atoms with van der Waals surface area (Å²) in [5, 5.41) is 0.446. The van der Waals surface area contributed by atoms with Crippen LogP contribution in [0.2, 0.25) is 0 Å². The van der Waals surface area contributed by atoms with Crippen molar-refractivity contribution in [2.75, 3.05) is 27.2 Å². The van der Waals surface area contributed by atoms with Crippen LogP contribution < -0.4 is 5.43 Å². The summed E-state index contributed by atoms with van der Waals surface area (Å²) in [6.07, 6.45) is 0.727. The highest BCUT2D eigenvalue weighted by Crippen LogP contribution is 2.38. The van der Waals surface area contributed by atoms with Gasteiger partial charge in [0.25, 0.3) is 5.91 Å². The third kappa shape index (κ3) is 3.41. The van der Waals surface area contributed by atoms with Crippen LogP contribution in [0.5, 0.6) is 0 Å². The van der Waals surface area contributed by atoms with Gasteiger partial charge in [0.1, 0.15) is 11.4 Å². The van der Waals surface area contributed by atoms with Crippen LogP contribution in [0.4, 0.5) is 4.39 Å². The molecule has 0 unspecified atom stereocenters. The van der Waals surface area contributed by atoms with Gasteiger partial charge in [0, 0.05) is 6.54 Å². The Morgan fingerprint density at radius 2 is 1.83 bits per heavy atom. The van der Waals surface area contributed by atoms with Crippen molar-refractivity contribution in [3.8, 4) is 0 Å². The quantitative estimate of drug-likeness (QED) is 0.639. The van der Waals surface area contributed by atoms with Crippen molar-refractivity contribution in [2.45, 2.75) is 26.3 Å². The topological polar surface area (TPSA) is 53.8 Å². The van der Waals surface area contributed by atoms with Gasteiger partial charge in [-0.25, -0.2) is 4.39 Å². The Morgan fingerprint density at radius 1 is 1.10 bits per heavy atom. The van der Waals surface area contributed by atoms with Crippen LogP contribution in [-0.2, 0) is 0 Å². The molecule has 3 aromatic rings. The average molecular weight is 408 g/mol. The first-order valence-corrected chi connectivity index (χ1v) is 10.1. The highest BCUT2D eigenvalue weighted by Gasteiger charge is 2.42. The van der Waals surface area contributed by atoms with Crippen LogP contribution in [0.15, 0.2) is 45.6 Å². The summed E-state index contributed by atoms with van der Waals surface area (Å²) in [5.41, 5.74) is 3.01. The van der Waals surface area contributed by atoms with Crippen LogP contribution >= 0.6 is 0 Å². The summed E-state index contributed by atoms with van der Waals surface area (Å²) >= 11 is 0. The van der Waals surface area contributed by atoms with E-state index in [1.807, 2.05) is 32.8 Å². The van der Waals surface area contributed by atoms with E-state index in [1.54, 1.807) is 29.2 Å². The lowest BCUT2D eigenvalue weighted by Crippen LogP contribution is -2.32. The third-order valence-corrected chi connectivity index (χ3v) is 5.75. The van der Waals surface area contributed by atoms with Crippen LogP contribution in [0.3, 0.4) is 0 Å². The van der Waals surface area contributed by atoms with Crippen molar-refractivity contribution in [1.29, 1.82) is 0 Å². The van der Waals surface area contributed by atoms with Crippen molar-refractivity contribution in [2.24, 2.45) is 0 Å². The van der Waals surface area contributed by atoms with Gasteiger partial charge in [0.2, 0.25) is 5.76 Å². The fourth-order valence-corrected chi connectivity index (χ4v) is 4.09. The largest absolute Gasteiger partial charge is 0.450 e. The number of aryl methyl sites for hydroxylation is 2. The number of hydrogen-bond acceptors (Lipinski definition) is 4. The van der Waals surface area contributed by atoms with Crippen molar-refractivity contribution < 1.29 is 13.6 Å². The van der Waals surface area contributed by atoms with Gasteiger partial charge in [-0.2, -0.15) is 0 Å². The second-order valence-electron chi connectivity index (χ2n) is 8.22. The number of carbonyl (C=O) groups excluding carboxylic acids is 1. The second kappa shape index (κ2) is 7.69. The minimum absolute atomic E-state index is 0.0647. The number of halogens is 1. The number of rotatable bonds is 5. The molecule has 30 heavy (non-hydrogen) atoms. The minimum Gasteiger partial charge on any atom is -0.450 e. The lowest BCUT2D eigenvalue weighted by Gasteiger charge is -2.25. The van der Waals surface area contributed by atoms with E-state index >= 15 is 0 Å². The molecule has 4 rings (SSSR count). The van der Waals surface area contributed by atoms with E-state index in [0.29, 0.717) is 28.6 Å². The third-order valence-electron chi connectivity index (χ3n) is 5.75. The van der Waals surface area contributed by atoms with Gasteiger partial charge in [0.05, 0.1) is 17.0 Å². The summed E-state index contributed by atoms with van der Waals surface area (Å²) in [4.78, 5) is 30.4. The highest BCUT2D eigenvalue weighted by molar-refractivity contribution is 5.99. The molecule has 0 radical (unpaired) electrons. The Kier molecular flexibility index (Phi) is 5.20. The van der Waals surface area contributed by atoms with E-state index in [4.69, 9.17) is 4.42 Å². The molecule has 1 aromatic heterocycles. The molecule has 2 aromatic carbocycles. The Morgan fingerprint density at radius 3 is 2.53 bits per heavy atom. The van der Waals surface area contributed by atoms with Crippen molar-refractivity contribution in [1.82, 2.24) is 9.80 Å². The molecule has 0 N–H and O–H groups in total. The zero-order valence-corrected chi connectivity index (χ0v) is 17.7. The number of carbonyl (C=O) groups is 1. The van der Waals surface area contributed by atoms with Gasteiger partial charge in [-0.1, -0.05) is 12.1 Å². The molecule has 6 heteroatoms. The molecule has 1 amide bonds. The van der Waals surface area contributed by atoms with Gasteiger partial charge in [-0.3, -0.25) is 9.59 Å². The first-order chi connectivity index (χ1) is 14.3. The highest BCUT2D eigenvalue weighted by atomic mass is 19.1. The van der Waals surface area contributed by atoms with Gasteiger partial charge < -0.3 is 14.2 Å². The van der Waals surface area contributed by atoms with Gasteiger partial charge >= 0.3 is 0 Å². The first kappa shape index (κ1) is 20.3. The normalized spacial score (nSPS) is 16.0. The molecule has 5 nitrogen and oxygen atoms in total. The summed E-state index contributed by atoms with van der Waals surface area (Å²) in [6.45, 7) is 5.10. The predicted octanol–water partition coefficient (Wildman–Crippen LogP) is 4.05. The maximum Gasteiger partial charge on any atom is 0.290 e. The average Bonchev–Trinajstić information content (AvgIpc) is 2.96. The Balaban J connectivity index is 1.91. The summed E-state index contributed by atoms with van der Waals surface area (Å²) in [7, 11) is 3.93. The van der Waals surface area contributed by atoms with E-state index in [1.165, 1.54) is 12.1 Å². The number of benzene rings is 2. The van der Waals surface area contributed by atoms with E-state index in [2.05, 4.69) is 0 Å². The van der Waals surface area contributed by atoms with Gasteiger partial charge in [-0.15, -0.1) is 0 Å². The molecule has 2 heterocycles. The zero-order chi connectivity index (χ0) is 21.6. The van der Waals surface area contributed by atoms with E-state index in [9.17, 15) is 14.0 Å². The number of hydrogen-bond donors (Lipinski definition) is 0. The Hall–Kier alpha value is -2.99. The molecular weight excluding hydrogens is 383 g/mol. The van der Waals surface area contributed by atoms with E-state index in [-0.39, 0.29) is 17.1 Å². The predicted molar refractivity (Wildman–Crippen MR) is 114 cm³/mol. The molecule has 0 saturated heterocycles. The number of amides is 1. The molecule has 0 aliphatic carbocycles. The first-order valence-electron chi connectivity index (χ1n) is 10.1. The summed E-state index contributed by atoms with van der Waals surface area (Å²) in [5.74, 6) is -0.664. The SMILES string of the molecule is Cc1cc2oc3c(c(=O)c2cc1C)[C@@H](c1cccc(F)c1)N(CCCN(C)C)C3=O. The number of nitrogens with zero attached hydrogens (tertiary/aromatic N) is 2. The van der Waals surface area contributed by atoms with Crippen LogP contribution in [-0.4, -0.2) is 42.9 Å². The van der Waals surface area contributed by atoms with Crippen LogP contribution in [0.1, 0.15) is 45.3 Å². The van der Waals surface area contributed by atoms with Gasteiger partial charge in [0.15, 0.2) is 5.43 Å². The molecule has 0 fully saturated rings. The zero-order valence-electron chi connectivity index (χ0n) is 17.7. The smallest absolute Gasteiger partial charge is 0.290 e. The Bertz CT molecular complexity index is 1200. The van der Waals surface area contributed by atoms with Crippen molar-refractivity contribution in [3.63, 3.8) is 0 Å². The monoisotopic (exact) mass is 408 g/mol. The molecule has 0 spiro atoms. The fourth-order valence-electron chi connectivity index (χ4n) is 4.09. The lowest BCUT2D eigenvalue weighted by molar-refractivity contribution is 0.0722. The molecule has 1 atom stereocenters. The molecular formula is C24H25FN2O3. The van der Waals surface area contributed by atoms with Crippen LogP contribution in [0, 0.1) is 19.7 Å². The lowest BCUT2D eigenvalue weighted by atomic mass is 9.97. The van der Waals surface area contributed by atoms with E-state index in [0.717, 1.165) is 24.1 Å². The van der Waals surface area contributed by atoms with Gasteiger partial charge in [-0.05, 0) is 81.9 Å². The number of fused-ring (bicyclic) bond motifs is 2. The maximum atomic E-state index is 14.0. The van der Waals surface area contributed by atoms with Crippen molar-refractivity contribution >= 4 is 16.9 Å². The Labute approximate surface area is 174 Å². The van der Waals surface area contributed by atoms with Crippen LogP contribution in [0.25, 0.3) is 11.0 Å². The molecule has 0 saturated carbocycles.